The predicted octanol–water partition coefficient (Wildman–Crippen LogP) is 0.935. The van der Waals surface area contributed by atoms with Gasteiger partial charge in [-0.05, 0) is 30.5 Å². The molecule has 0 aliphatic carbocycles. The average Bonchev–Trinajstić information content (AvgIpc) is 2.48. The fraction of sp³-hybridized carbons (Fsp3) is 0.533. The summed E-state index contributed by atoms with van der Waals surface area (Å²) in [6.07, 6.45) is 2.16. The molecule has 2 rings (SSSR count). The first-order valence-electron chi connectivity index (χ1n) is 6.97. The molecule has 1 aromatic rings. The highest BCUT2D eigenvalue weighted by Gasteiger charge is 2.22. The first kappa shape index (κ1) is 14.8. The molecule has 0 saturated carbocycles. The van der Waals surface area contributed by atoms with Crippen molar-refractivity contribution < 1.29 is 19.7 Å². The van der Waals surface area contributed by atoms with Crippen molar-refractivity contribution in [2.24, 2.45) is 0 Å². The van der Waals surface area contributed by atoms with E-state index in [1.54, 1.807) is 24.3 Å². The average molecular weight is 279 g/mol. The Hall–Kier alpha value is -1.59. The Morgan fingerprint density at radius 2 is 1.90 bits per heavy atom. The number of phenols is 1. The molecular weight excluding hydrogens is 258 g/mol. The van der Waals surface area contributed by atoms with Gasteiger partial charge in [-0.3, -0.25) is 4.79 Å². The second kappa shape index (κ2) is 7.26. The summed E-state index contributed by atoms with van der Waals surface area (Å²) in [4.78, 5) is 14.0. The number of ether oxygens (including phenoxy) is 1. The molecule has 0 bridgehead atoms. The van der Waals surface area contributed by atoms with Crippen molar-refractivity contribution in [2.75, 3.05) is 26.3 Å². The monoisotopic (exact) mass is 279 g/mol. The normalized spacial score (nSPS) is 16.4. The van der Waals surface area contributed by atoms with Crippen LogP contribution in [0.25, 0.3) is 0 Å². The number of aliphatic hydroxyl groups is 1. The van der Waals surface area contributed by atoms with Crippen molar-refractivity contribution in [3.05, 3.63) is 29.8 Å². The molecule has 0 spiro atoms. The minimum Gasteiger partial charge on any atom is -0.508 e. The highest BCUT2D eigenvalue weighted by molar-refractivity contribution is 5.78. The van der Waals surface area contributed by atoms with Crippen molar-refractivity contribution in [3.63, 3.8) is 0 Å². The van der Waals surface area contributed by atoms with E-state index in [2.05, 4.69) is 0 Å². The lowest BCUT2D eigenvalue weighted by Crippen LogP contribution is -2.41. The molecule has 1 fully saturated rings. The Kier molecular flexibility index (Phi) is 5.38. The summed E-state index contributed by atoms with van der Waals surface area (Å²) in [5.74, 6) is 0.319. The predicted molar refractivity (Wildman–Crippen MR) is 74.5 cm³/mol. The van der Waals surface area contributed by atoms with Crippen LogP contribution in [0, 0.1) is 0 Å². The Labute approximate surface area is 118 Å². The molecule has 110 valence electrons. The number of likely N-dealkylation sites (tertiary alicyclic amines) is 1. The molecule has 1 aliphatic heterocycles. The van der Waals surface area contributed by atoms with Crippen LogP contribution in [0.4, 0.5) is 0 Å². The zero-order chi connectivity index (χ0) is 14.4. The number of rotatable bonds is 5. The zero-order valence-corrected chi connectivity index (χ0v) is 11.5. The molecule has 20 heavy (non-hydrogen) atoms. The lowest BCUT2D eigenvalue weighted by atomic mass is 10.1. The SMILES string of the molecule is O=C(Cc1ccc(O)cc1)N1CCC(OCCO)CC1. The lowest BCUT2D eigenvalue weighted by molar-refractivity contribution is -0.133. The summed E-state index contributed by atoms with van der Waals surface area (Å²) in [5.41, 5.74) is 0.909. The maximum absolute atomic E-state index is 12.2. The molecule has 1 saturated heterocycles. The van der Waals surface area contributed by atoms with Gasteiger partial charge in [0, 0.05) is 13.1 Å². The van der Waals surface area contributed by atoms with Crippen LogP contribution in [0.3, 0.4) is 0 Å². The van der Waals surface area contributed by atoms with Crippen molar-refractivity contribution in [1.82, 2.24) is 4.90 Å². The van der Waals surface area contributed by atoms with Gasteiger partial charge in [-0.1, -0.05) is 12.1 Å². The van der Waals surface area contributed by atoms with Crippen molar-refractivity contribution in [2.45, 2.75) is 25.4 Å². The first-order valence-corrected chi connectivity index (χ1v) is 6.97. The van der Waals surface area contributed by atoms with Gasteiger partial charge in [-0.15, -0.1) is 0 Å². The minimum absolute atomic E-state index is 0.0417. The van der Waals surface area contributed by atoms with Gasteiger partial charge in [0.25, 0.3) is 0 Å². The number of amides is 1. The molecule has 5 heteroatoms. The number of aliphatic hydroxyl groups excluding tert-OH is 1. The van der Waals surface area contributed by atoms with Crippen molar-refractivity contribution in [3.8, 4) is 5.75 Å². The first-order chi connectivity index (χ1) is 9.69. The Morgan fingerprint density at radius 1 is 1.25 bits per heavy atom. The lowest BCUT2D eigenvalue weighted by Gasteiger charge is -2.32. The van der Waals surface area contributed by atoms with Gasteiger partial charge in [-0.2, -0.15) is 0 Å². The van der Waals surface area contributed by atoms with Crippen LogP contribution in [0.2, 0.25) is 0 Å². The van der Waals surface area contributed by atoms with Gasteiger partial charge in [0.15, 0.2) is 0 Å². The molecule has 1 aliphatic rings. The Bertz CT molecular complexity index is 424. The van der Waals surface area contributed by atoms with Crippen LogP contribution < -0.4 is 0 Å². The number of carbonyl (C=O) groups is 1. The van der Waals surface area contributed by atoms with Crippen molar-refractivity contribution in [1.29, 1.82) is 0 Å². The number of nitrogens with zero attached hydrogens (tertiary/aromatic N) is 1. The van der Waals surface area contributed by atoms with Gasteiger partial charge in [-0.25, -0.2) is 0 Å². The number of phenolic OH excluding ortho intramolecular Hbond substituents is 1. The maximum atomic E-state index is 12.2. The third-order valence-corrected chi connectivity index (χ3v) is 3.53. The van der Waals surface area contributed by atoms with Gasteiger partial charge in [0.2, 0.25) is 5.91 Å². The summed E-state index contributed by atoms with van der Waals surface area (Å²) >= 11 is 0. The molecule has 1 aromatic carbocycles. The molecule has 1 amide bonds. The number of benzene rings is 1. The molecule has 0 aromatic heterocycles. The van der Waals surface area contributed by atoms with Gasteiger partial charge >= 0.3 is 0 Å². The number of hydrogen-bond acceptors (Lipinski definition) is 4. The molecule has 0 atom stereocenters. The van der Waals surface area contributed by atoms with E-state index in [4.69, 9.17) is 9.84 Å². The summed E-state index contributed by atoms with van der Waals surface area (Å²) in [6.45, 7) is 1.81. The van der Waals surface area contributed by atoms with E-state index in [1.165, 1.54) is 0 Å². The quantitative estimate of drug-likeness (QED) is 0.841. The van der Waals surface area contributed by atoms with E-state index in [-0.39, 0.29) is 24.4 Å². The number of hydrogen-bond donors (Lipinski definition) is 2. The van der Waals surface area contributed by atoms with Crippen LogP contribution in [0.1, 0.15) is 18.4 Å². The number of piperidine rings is 1. The summed E-state index contributed by atoms with van der Waals surface area (Å²) in [7, 11) is 0. The fourth-order valence-corrected chi connectivity index (χ4v) is 2.39. The van der Waals surface area contributed by atoms with Crippen molar-refractivity contribution >= 4 is 5.91 Å². The molecule has 5 nitrogen and oxygen atoms in total. The number of aromatic hydroxyl groups is 1. The summed E-state index contributed by atoms with van der Waals surface area (Å²) in [6, 6.07) is 6.73. The Balaban J connectivity index is 1.78. The van der Waals surface area contributed by atoms with Gasteiger partial charge in [0.1, 0.15) is 5.75 Å². The summed E-state index contributed by atoms with van der Waals surface area (Å²) < 4.78 is 5.48. The van der Waals surface area contributed by atoms with E-state index in [9.17, 15) is 9.90 Å². The van der Waals surface area contributed by atoms with E-state index in [0.717, 1.165) is 18.4 Å². The topological polar surface area (TPSA) is 70.0 Å². The van der Waals surface area contributed by atoms with Gasteiger partial charge < -0.3 is 19.8 Å². The molecule has 1 heterocycles. The second-order valence-corrected chi connectivity index (χ2v) is 5.02. The zero-order valence-electron chi connectivity index (χ0n) is 11.5. The Morgan fingerprint density at radius 3 is 2.50 bits per heavy atom. The minimum atomic E-state index is 0.0417. The van der Waals surface area contributed by atoms with E-state index in [0.29, 0.717) is 26.1 Å². The standard InChI is InChI=1S/C15H21NO4/c17-9-10-20-14-5-7-16(8-6-14)15(19)11-12-1-3-13(18)4-2-12/h1-4,14,17-18H,5-11H2. The van der Waals surface area contributed by atoms with E-state index >= 15 is 0 Å². The molecule has 0 unspecified atom stereocenters. The summed E-state index contributed by atoms with van der Waals surface area (Å²) in [5, 5.41) is 17.9. The fourth-order valence-electron chi connectivity index (χ4n) is 2.39. The third kappa shape index (κ3) is 4.21. The van der Waals surface area contributed by atoms with Crippen LogP contribution in [-0.4, -0.2) is 53.4 Å². The highest BCUT2D eigenvalue weighted by atomic mass is 16.5. The van der Waals surface area contributed by atoms with Crippen LogP contribution in [0.5, 0.6) is 5.75 Å². The molecule has 2 N–H and O–H groups in total. The molecular formula is C15H21NO4. The van der Waals surface area contributed by atoms with Gasteiger partial charge in [0.05, 0.1) is 25.7 Å². The largest absolute Gasteiger partial charge is 0.508 e. The van der Waals surface area contributed by atoms with E-state index in [1.807, 2.05) is 4.90 Å². The van der Waals surface area contributed by atoms with E-state index < -0.39 is 0 Å². The smallest absolute Gasteiger partial charge is 0.226 e. The van der Waals surface area contributed by atoms with Crippen LogP contribution >= 0.6 is 0 Å². The molecule has 0 radical (unpaired) electrons. The highest BCUT2D eigenvalue weighted by Crippen LogP contribution is 2.16. The van der Waals surface area contributed by atoms with Crippen LogP contribution in [0.15, 0.2) is 24.3 Å². The number of carbonyl (C=O) groups excluding carboxylic acids is 1. The maximum Gasteiger partial charge on any atom is 0.226 e. The third-order valence-electron chi connectivity index (χ3n) is 3.53. The van der Waals surface area contributed by atoms with Crippen LogP contribution in [-0.2, 0) is 16.0 Å². The second-order valence-electron chi connectivity index (χ2n) is 5.02.